The van der Waals surface area contributed by atoms with Crippen molar-refractivity contribution in [3.05, 3.63) is 35.4 Å². The summed E-state index contributed by atoms with van der Waals surface area (Å²) in [5.41, 5.74) is 7.93. The molecule has 18 heavy (non-hydrogen) atoms. The van der Waals surface area contributed by atoms with Crippen LogP contribution in [-0.2, 0) is 4.79 Å². The van der Waals surface area contributed by atoms with Gasteiger partial charge in [-0.1, -0.05) is 29.8 Å². The summed E-state index contributed by atoms with van der Waals surface area (Å²) >= 11 is 1.71. The number of carbonyl (C=O) groups is 1. The molecule has 0 radical (unpaired) electrons. The Labute approximate surface area is 119 Å². The molecular formula is C13H21ClN2OS. The van der Waals surface area contributed by atoms with Crippen molar-refractivity contribution in [1.82, 2.24) is 5.32 Å². The van der Waals surface area contributed by atoms with Crippen LogP contribution in [-0.4, -0.2) is 24.0 Å². The predicted octanol–water partition coefficient (Wildman–Crippen LogP) is 2.28. The average molecular weight is 289 g/mol. The molecule has 2 atom stereocenters. The van der Waals surface area contributed by atoms with Gasteiger partial charge in [0, 0.05) is 11.8 Å². The monoisotopic (exact) mass is 288 g/mol. The number of amides is 1. The second-order valence-electron chi connectivity index (χ2n) is 4.25. The molecule has 1 amide bonds. The SMILES string of the molecule is CSCC(C)NC(=O)C(N)c1ccc(C)cc1.Cl. The van der Waals surface area contributed by atoms with E-state index < -0.39 is 6.04 Å². The number of carbonyl (C=O) groups excluding carboxylic acids is 1. The first-order valence-corrected chi connectivity index (χ1v) is 7.05. The van der Waals surface area contributed by atoms with Gasteiger partial charge in [-0.15, -0.1) is 12.4 Å². The molecule has 5 heteroatoms. The third kappa shape index (κ3) is 5.29. The molecule has 3 nitrogen and oxygen atoms in total. The largest absolute Gasteiger partial charge is 0.351 e. The van der Waals surface area contributed by atoms with Crippen molar-refractivity contribution in [1.29, 1.82) is 0 Å². The number of benzene rings is 1. The first kappa shape index (κ1) is 17.3. The summed E-state index contributed by atoms with van der Waals surface area (Å²) < 4.78 is 0. The normalized spacial score (nSPS) is 13.3. The number of hydrogen-bond donors (Lipinski definition) is 2. The Balaban J connectivity index is 0.00000289. The molecule has 0 saturated heterocycles. The maximum atomic E-state index is 11.9. The van der Waals surface area contributed by atoms with E-state index in [9.17, 15) is 4.79 Å². The summed E-state index contributed by atoms with van der Waals surface area (Å²) in [4.78, 5) is 11.9. The molecule has 0 saturated carbocycles. The van der Waals surface area contributed by atoms with Crippen LogP contribution < -0.4 is 11.1 Å². The second kappa shape index (κ2) is 8.40. The van der Waals surface area contributed by atoms with E-state index in [4.69, 9.17) is 5.73 Å². The summed E-state index contributed by atoms with van der Waals surface area (Å²) in [6.07, 6.45) is 2.02. The lowest BCUT2D eigenvalue weighted by Crippen LogP contribution is -2.40. The van der Waals surface area contributed by atoms with Crippen molar-refractivity contribution in [3.8, 4) is 0 Å². The smallest absolute Gasteiger partial charge is 0.241 e. The van der Waals surface area contributed by atoms with Gasteiger partial charge in [0.2, 0.25) is 5.91 Å². The molecule has 1 aromatic carbocycles. The third-order valence-corrected chi connectivity index (χ3v) is 3.36. The zero-order chi connectivity index (χ0) is 12.8. The Hall–Kier alpha value is -0.710. The molecule has 0 aliphatic carbocycles. The Morgan fingerprint density at radius 1 is 1.39 bits per heavy atom. The minimum atomic E-state index is -0.583. The van der Waals surface area contributed by atoms with Crippen LogP contribution in [0.5, 0.6) is 0 Å². The van der Waals surface area contributed by atoms with Crippen LogP contribution >= 0.6 is 24.2 Å². The predicted molar refractivity (Wildman–Crippen MR) is 81.3 cm³/mol. The molecule has 0 bridgehead atoms. The highest BCUT2D eigenvalue weighted by molar-refractivity contribution is 7.98. The molecule has 1 aromatic rings. The van der Waals surface area contributed by atoms with Crippen LogP contribution in [0.2, 0.25) is 0 Å². The fourth-order valence-corrected chi connectivity index (χ4v) is 2.13. The molecule has 0 aromatic heterocycles. The van der Waals surface area contributed by atoms with Crippen LogP contribution in [0, 0.1) is 6.92 Å². The van der Waals surface area contributed by atoms with E-state index in [1.165, 1.54) is 0 Å². The summed E-state index contributed by atoms with van der Waals surface area (Å²) in [6, 6.07) is 7.30. The standard InChI is InChI=1S/C13H20N2OS.ClH/c1-9-4-6-11(7-5-9)12(14)13(16)15-10(2)8-17-3;/h4-7,10,12H,8,14H2,1-3H3,(H,15,16);1H. The number of rotatable bonds is 5. The number of hydrogen-bond acceptors (Lipinski definition) is 3. The molecule has 1 rings (SSSR count). The minimum absolute atomic E-state index is 0. The molecular weight excluding hydrogens is 268 g/mol. The first-order chi connectivity index (χ1) is 8.04. The Morgan fingerprint density at radius 3 is 2.44 bits per heavy atom. The van der Waals surface area contributed by atoms with Crippen LogP contribution in [0.1, 0.15) is 24.1 Å². The first-order valence-electron chi connectivity index (χ1n) is 5.66. The van der Waals surface area contributed by atoms with Crippen LogP contribution in [0.25, 0.3) is 0 Å². The van der Waals surface area contributed by atoms with Crippen molar-refractivity contribution in [2.24, 2.45) is 5.73 Å². The lowest BCUT2D eigenvalue weighted by molar-refractivity contribution is -0.122. The maximum Gasteiger partial charge on any atom is 0.241 e. The molecule has 3 N–H and O–H groups in total. The van der Waals surface area contributed by atoms with E-state index in [0.29, 0.717) is 0 Å². The second-order valence-corrected chi connectivity index (χ2v) is 5.16. The van der Waals surface area contributed by atoms with Gasteiger partial charge >= 0.3 is 0 Å². The van der Waals surface area contributed by atoms with Gasteiger partial charge in [-0.3, -0.25) is 4.79 Å². The Bertz CT molecular complexity index is 370. The highest BCUT2D eigenvalue weighted by Gasteiger charge is 2.17. The quantitative estimate of drug-likeness (QED) is 0.874. The van der Waals surface area contributed by atoms with E-state index in [-0.39, 0.29) is 24.4 Å². The van der Waals surface area contributed by atoms with Gasteiger partial charge in [-0.2, -0.15) is 11.8 Å². The number of nitrogens with one attached hydrogen (secondary N) is 1. The van der Waals surface area contributed by atoms with Crippen molar-refractivity contribution in [2.45, 2.75) is 25.9 Å². The van der Waals surface area contributed by atoms with Crippen LogP contribution in [0.3, 0.4) is 0 Å². The minimum Gasteiger partial charge on any atom is -0.351 e. The van der Waals surface area contributed by atoms with Gasteiger partial charge in [0.25, 0.3) is 0 Å². The summed E-state index contributed by atoms with van der Waals surface area (Å²) in [7, 11) is 0. The van der Waals surface area contributed by atoms with Gasteiger partial charge in [-0.25, -0.2) is 0 Å². The van der Waals surface area contributed by atoms with Crippen LogP contribution in [0.15, 0.2) is 24.3 Å². The van der Waals surface area contributed by atoms with E-state index in [0.717, 1.165) is 16.9 Å². The van der Waals surface area contributed by atoms with E-state index in [2.05, 4.69) is 5.32 Å². The van der Waals surface area contributed by atoms with E-state index in [1.54, 1.807) is 11.8 Å². The molecule has 0 aliphatic heterocycles. The van der Waals surface area contributed by atoms with Gasteiger partial charge in [-0.05, 0) is 25.7 Å². The van der Waals surface area contributed by atoms with Crippen molar-refractivity contribution < 1.29 is 4.79 Å². The molecule has 0 spiro atoms. The van der Waals surface area contributed by atoms with Crippen LogP contribution in [0.4, 0.5) is 0 Å². The van der Waals surface area contributed by atoms with Crippen molar-refractivity contribution >= 4 is 30.1 Å². The molecule has 2 unspecified atom stereocenters. The Kier molecular flexibility index (Phi) is 8.07. The number of halogens is 1. The van der Waals surface area contributed by atoms with Gasteiger partial charge in [0.05, 0.1) is 0 Å². The molecule has 0 fully saturated rings. The number of aryl methyl sites for hydroxylation is 1. The molecule has 0 aliphatic rings. The van der Waals surface area contributed by atoms with Gasteiger partial charge in [0.1, 0.15) is 6.04 Å². The molecule has 0 heterocycles. The fraction of sp³-hybridized carbons (Fsp3) is 0.462. The lowest BCUT2D eigenvalue weighted by Gasteiger charge is -2.17. The average Bonchev–Trinajstić information content (AvgIpc) is 2.29. The Morgan fingerprint density at radius 2 is 1.94 bits per heavy atom. The summed E-state index contributed by atoms with van der Waals surface area (Å²) in [6.45, 7) is 3.99. The lowest BCUT2D eigenvalue weighted by atomic mass is 10.1. The highest BCUT2D eigenvalue weighted by Crippen LogP contribution is 2.12. The third-order valence-electron chi connectivity index (χ3n) is 2.52. The zero-order valence-electron chi connectivity index (χ0n) is 11.0. The highest BCUT2D eigenvalue weighted by atomic mass is 35.5. The van der Waals surface area contributed by atoms with E-state index >= 15 is 0 Å². The number of nitrogens with two attached hydrogens (primary N) is 1. The topological polar surface area (TPSA) is 55.1 Å². The van der Waals surface area contributed by atoms with Crippen molar-refractivity contribution in [3.63, 3.8) is 0 Å². The van der Waals surface area contributed by atoms with Gasteiger partial charge < -0.3 is 11.1 Å². The van der Waals surface area contributed by atoms with Gasteiger partial charge in [0.15, 0.2) is 0 Å². The molecule has 102 valence electrons. The fourth-order valence-electron chi connectivity index (χ4n) is 1.55. The maximum absolute atomic E-state index is 11.9. The summed E-state index contributed by atoms with van der Waals surface area (Å²) in [5.74, 6) is 0.780. The van der Waals surface area contributed by atoms with E-state index in [1.807, 2.05) is 44.4 Å². The summed E-state index contributed by atoms with van der Waals surface area (Å²) in [5, 5.41) is 2.91. The van der Waals surface area contributed by atoms with Crippen molar-refractivity contribution in [2.75, 3.05) is 12.0 Å². The number of thioether (sulfide) groups is 1. The zero-order valence-corrected chi connectivity index (χ0v) is 12.6.